The number of nitrogens with one attached hydrogen (secondary N) is 1. The minimum absolute atomic E-state index is 0.0370. The summed E-state index contributed by atoms with van der Waals surface area (Å²) in [5, 5.41) is 11.8. The zero-order valence-electron chi connectivity index (χ0n) is 7.98. The topological polar surface area (TPSA) is 32.3 Å². The lowest BCUT2D eigenvalue weighted by Crippen LogP contribution is -2.36. The van der Waals surface area contributed by atoms with Crippen molar-refractivity contribution >= 4 is 0 Å². The first-order chi connectivity index (χ1) is 6.53. The summed E-state index contributed by atoms with van der Waals surface area (Å²) in [4.78, 5) is 0. The molecule has 2 N–H and O–H groups in total. The molecule has 0 aromatic heterocycles. The summed E-state index contributed by atoms with van der Waals surface area (Å²) in [6.07, 6.45) is -2.08. The molecule has 2 nitrogen and oxygen atoms in total. The summed E-state index contributed by atoms with van der Waals surface area (Å²) < 4.78 is 35.5. The second-order valence-electron chi connectivity index (χ2n) is 3.80. The minimum Gasteiger partial charge on any atom is -0.396 e. The van der Waals surface area contributed by atoms with Crippen LogP contribution in [0.4, 0.5) is 13.2 Å². The minimum atomic E-state index is -4.08. The predicted octanol–water partition coefficient (Wildman–Crippen LogP) is 1.69. The van der Waals surface area contributed by atoms with Gasteiger partial charge in [-0.1, -0.05) is 6.42 Å². The third kappa shape index (κ3) is 3.84. The molecule has 1 saturated carbocycles. The highest BCUT2D eigenvalue weighted by atomic mass is 19.4. The molecule has 1 aliphatic carbocycles. The van der Waals surface area contributed by atoms with E-state index in [0.29, 0.717) is 0 Å². The summed E-state index contributed by atoms with van der Waals surface area (Å²) in [5.41, 5.74) is 0. The summed E-state index contributed by atoms with van der Waals surface area (Å²) in [7, 11) is 0. The highest BCUT2D eigenvalue weighted by Crippen LogP contribution is 2.25. The summed E-state index contributed by atoms with van der Waals surface area (Å²) in [5.74, 6) is 0.142. The first kappa shape index (κ1) is 11.8. The van der Waals surface area contributed by atoms with Gasteiger partial charge in [-0.3, -0.25) is 0 Å². The van der Waals surface area contributed by atoms with Crippen LogP contribution in [-0.4, -0.2) is 30.5 Å². The zero-order chi connectivity index (χ0) is 10.6. The van der Waals surface area contributed by atoms with E-state index in [1.54, 1.807) is 0 Å². The van der Waals surface area contributed by atoms with E-state index in [1.165, 1.54) is 0 Å². The smallest absolute Gasteiger partial charge is 0.390 e. The van der Waals surface area contributed by atoms with Crippen LogP contribution in [0, 0.1) is 5.92 Å². The van der Waals surface area contributed by atoms with Gasteiger partial charge in [0.05, 0.1) is 6.42 Å². The number of hydrogen-bond donors (Lipinski definition) is 2. The van der Waals surface area contributed by atoms with Crippen molar-refractivity contribution in [1.82, 2.24) is 5.32 Å². The van der Waals surface area contributed by atoms with Crippen LogP contribution in [0.1, 0.15) is 25.7 Å². The number of alkyl halides is 3. The largest absolute Gasteiger partial charge is 0.396 e. The lowest BCUT2D eigenvalue weighted by Gasteiger charge is -2.19. The van der Waals surface area contributed by atoms with E-state index in [-0.39, 0.29) is 25.1 Å². The van der Waals surface area contributed by atoms with E-state index in [4.69, 9.17) is 5.11 Å². The van der Waals surface area contributed by atoms with Crippen molar-refractivity contribution in [2.45, 2.75) is 37.9 Å². The van der Waals surface area contributed by atoms with E-state index in [0.717, 1.165) is 19.3 Å². The predicted molar refractivity (Wildman–Crippen MR) is 46.9 cm³/mol. The molecule has 1 rings (SSSR count). The molecule has 0 amide bonds. The fourth-order valence-corrected chi connectivity index (χ4v) is 1.92. The van der Waals surface area contributed by atoms with Gasteiger partial charge in [0.15, 0.2) is 0 Å². The lowest BCUT2D eigenvalue weighted by atomic mass is 10.1. The van der Waals surface area contributed by atoms with E-state index < -0.39 is 12.6 Å². The van der Waals surface area contributed by atoms with Gasteiger partial charge in [0.1, 0.15) is 0 Å². The van der Waals surface area contributed by atoms with Crippen LogP contribution in [0.15, 0.2) is 0 Å². The Morgan fingerprint density at radius 3 is 2.57 bits per heavy atom. The molecule has 5 heteroatoms. The molecule has 0 aromatic carbocycles. The second kappa shape index (κ2) is 4.98. The van der Waals surface area contributed by atoms with Crippen molar-refractivity contribution in [2.24, 2.45) is 5.92 Å². The maximum Gasteiger partial charge on any atom is 0.390 e. The number of rotatable bonds is 4. The average Bonchev–Trinajstić information content (AvgIpc) is 2.49. The number of aliphatic hydroxyl groups is 1. The zero-order valence-corrected chi connectivity index (χ0v) is 7.98. The van der Waals surface area contributed by atoms with Crippen LogP contribution >= 0.6 is 0 Å². The lowest BCUT2D eigenvalue weighted by molar-refractivity contribution is -0.133. The molecule has 2 unspecified atom stereocenters. The van der Waals surface area contributed by atoms with Gasteiger partial charge in [-0.05, 0) is 18.8 Å². The highest BCUT2D eigenvalue weighted by Gasteiger charge is 2.29. The van der Waals surface area contributed by atoms with E-state index >= 15 is 0 Å². The van der Waals surface area contributed by atoms with Gasteiger partial charge in [-0.25, -0.2) is 0 Å². The maximum atomic E-state index is 11.8. The van der Waals surface area contributed by atoms with Crippen molar-refractivity contribution < 1.29 is 18.3 Å². The van der Waals surface area contributed by atoms with Gasteiger partial charge in [-0.15, -0.1) is 0 Å². The van der Waals surface area contributed by atoms with E-state index in [1.807, 2.05) is 0 Å². The summed E-state index contributed by atoms with van der Waals surface area (Å²) in [6, 6.07) is 0.0716. The van der Waals surface area contributed by atoms with Gasteiger partial charge in [-0.2, -0.15) is 13.2 Å². The average molecular weight is 211 g/mol. The Hall–Kier alpha value is -0.290. The van der Waals surface area contributed by atoms with Crippen molar-refractivity contribution in [3.8, 4) is 0 Å². The molecule has 0 heterocycles. The van der Waals surface area contributed by atoms with E-state index in [2.05, 4.69) is 5.32 Å². The maximum absolute atomic E-state index is 11.8. The van der Waals surface area contributed by atoms with Crippen LogP contribution in [0.2, 0.25) is 0 Å². The summed E-state index contributed by atoms with van der Waals surface area (Å²) >= 11 is 0. The SMILES string of the molecule is OCC1CCCC1NCCC(F)(F)F. The molecule has 84 valence electrons. The van der Waals surface area contributed by atoms with Crippen molar-refractivity contribution in [1.29, 1.82) is 0 Å². The molecule has 0 bridgehead atoms. The van der Waals surface area contributed by atoms with Crippen molar-refractivity contribution in [3.63, 3.8) is 0 Å². The fraction of sp³-hybridized carbons (Fsp3) is 1.00. The van der Waals surface area contributed by atoms with Gasteiger partial charge >= 0.3 is 6.18 Å². The number of halogens is 3. The van der Waals surface area contributed by atoms with Gasteiger partial charge in [0.2, 0.25) is 0 Å². The molecule has 0 aromatic rings. The Bertz CT molecular complexity index is 172. The van der Waals surface area contributed by atoms with Crippen LogP contribution in [0.25, 0.3) is 0 Å². The van der Waals surface area contributed by atoms with Gasteiger partial charge in [0.25, 0.3) is 0 Å². The molecule has 1 fully saturated rings. The van der Waals surface area contributed by atoms with Crippen LogP contribution in [-0.2, 0) is 0 Å². The first-order valence-corrected chi connectivity index (χ1v) is 4.94. The van der Waals surface area contributed by atoms with E-state index in [9.17, 15) is 13.2 Å². The standard InChI is InChI=1S/C9H16F3NO/c10-9(11,12)4-5-13-8-3-1-2-7(8)6-14/h7-8,13-14H,1-6H2. The molecule has 14 heavy (non-hydrogen) atoms. The van der Waals surface area contributed by atoms with Crippen molar-refractivity contribution in [2.75, 3.05) is 13.2 Å². The fourth-order valence-electron chi connectivity index (χ4n) is 1.92. The van der Waals surface area contributed by atoms with Gasteiger partial charge in [0, 0.05) is 19.2 Å². The molecule has 0 spiro atoms. The Morgan fingerprint density at radius 2 is 2.00 bits per heavy atom. The Labute approximate surface area is 81.5 Å². The highest BCUT2D eigenvalue weighted by molar-refractivity contribution is 4.82. The third-order valence-corrected chi connectivity index (χ3v) is 2.71. The Balaban J connectivity index is 2.18. The quantitative estimate of drug-likeness (QED) is 0.741. The molecule has 0 radical (unpaired) electrons. The van der Waals surface area contributed by atoms with Crippen molar-refractivity contribution in [3.05, 3.63) is 0 Å². The first-order valence-electron chi connectivity index (χ1n) is 4.94. The Morgan fingerprint density at radius 1 is 1.29 bits per heavy atom. The molecule has 0 aliphatic heterocycles. The molecule has 1 aliphatic rings. The number of hydrogen-bond acceptors (Lipinski definition) is 2. The Kier molecular flexibility index (Phi) is 4.19. The van der Waals surface area contributed by atoms with Gasteiger partial charge < -0.3 is 10.4 Å². The van der Waals surface area contributed by atoms with Crippen LogP contribution in [0.3, 0.4) is 0 Å². The number of aliphatic hydroxyl groups excluding tert-OH is 1. The monoisotopic (exact) mass is 211 g/mol. The van der Waals surface area contributed by atoms with Crippen LogP contribution < -0.4 is 5.32 Å². The molecule has 0 saturated heterocycles. The molecular weight excluding hydrogens is 195 g/mol. The molecular formula is C9H16F3NO. The summed E-state index contributed by atoms with van der Waals surface area (Å²) in [6.45, 7) is 0.0361. The van der Waals surface area contributed by atoms with Crippen LogP contribution in [0.5, 0.6) is 0 Å². The molecule has 2 atom stereocenters. The third-order valence-electron chi connectivity index (χ3n) is 2.71. The normalized spacial score (nSPS) is 28.3. The second-order valence-corrected chi connectivity index (χ2v) is 3.80.